The zero-order chi connectivity index (χ0) is 12.4. The third kappa shape index (κ3) is 2.27. The zero-order valence-corrected chi connectivity index (χ0v) is 9.43. The van der Waals surface area contributed by atoms with Gasteiger partial charge in [0.2, 0.25) is 0 Å². The van der Waals surface area contributed by atoms with Gasteiger partial charge in [0, 0.05) is 17.0 Å². The molecule has 0 saturated heterocycles. The van der Waals surface area contributed by atoms with Crippen molar-refractivity contribution in [3.05, 3.63) is 23.1 Å². The van der Waals surface area contributed by atoms with Gasteiger partial charge in [-0.1, -0.05) is 0 Å². The Morgan fingerprint density at radius 3 is 2.47 bits per heavy atom. The minimum absolute atomic E-state index is 0.0727. The van der Waals surface area contributed by atoms with E-state index in [1.165, 1.54) is 6.20 Å². The van der Waals surface area contributed by atoms with Gasteiger partial charge in [0.05, 0.1) is 12.6 Å². The van der Waals surface area contributed by atoms with Crippen molar-refractivity contribution in [3.63, 3.8) is 0 Å². The first kappa shape index (κ1) is 11.2. The van der Waals surface area contributed by atoms with Crippen molar-refractivity contribution in [1.29, 1.82) is 0 Å². The summed E-state index contributed by atoms with van der Waals surface area (Å²) in [6.45, 7) is 3.52. The van der Waals surface area contributed by atoms with Crippen LogP contribution in [-0.4, -0.2) is 36.5 Å². The van der Waals surface area contributed by atoms with Crippen molar-refractivity contribution in [2.24, 2.45) is 0 Å². The number of nitrogens with one attached hydrogen (secondary N) is 1. The normalized spacial score (nSPS) is 10.5. The van der Waals surface area contributed by atoms with Gasteiger partial charge in [-0.3, -0.25) is 4.79 Å². The monoisotopic (exact) mass is 233 g/mol. The average Bonchev–Trinajstić information content (AvgIpc) is 2.76. The van der Waals surface area contributed by atoms with E-state index in [2.05, 4.69) is 25.4 Å². The highest BCUT2D eigenvalue weighted by Crippen LogP contribution is 2.16. The van der Waals surface area contributed by atoms with E-state index in [9.17, 15) is 4.79 Å². The topological polar surface area (TPSA) is 105 Å². The zero-order valence-electron chi connectivity index (χ0n) is 9.43. The molecule has 0 aliphatic carbocycles. The summed E-state index contributed by atoms with van der Waals surface area (Å²) in [5.41, 5.74) is 2.48. The van der Waals surface area contributed by atoms with Gasteiger partial charge in [0.15, 0.2) is 5.82 Å². The largest absolute Gasteiger partial charge is 0.481 e. The Bertz CT molecular complexity index is 527. The molecule has 0 amide bonds. The summed E-state index contributed by atoms with van der Waals surface area (Å²) in [6, 6.07) is 0. The van der Waals surface area contributed by atoms with Crippen molar-refractivity contribution in [2.45, 2.75) is 20.3 Å². The second-order valence-corrected chi connectivity index (χ2v) is 3.62. The maximum Gasteiger partial charge on any atom is 0.307 e. The van der Waals surface area contributed by atoms with E-state index in [4.69, 9.17) is 5.11 Å². The SMILES string of the molecule is Cc1nc(-c2cn[nH]n2)nc(C)c1CC(=O)O. The van der Waals surface area contributed by atoms with Gasteiger partial charge in [-0.15, -0.1) is 0 Å². The molecule has 88 valence electrons. The molecule has 0 aliphatic rings. The predicted molar refractivity (Wildman–Crippen MR) is 58.2 cm³/mol. The summed E-state index contributed by atoms with van der Waals surface area (Å²) in [5.74, 6) is -0.447. The van der Waals surface area contributed by atoms with Crippen LogP contribution in [0.15, 0.2) is 6.20 Å². The van der Waals surface area contributed by atoms with Crippen molar-refractivity contribution >= 4 is 5.97 Å². The number of carboxylic acids is 1. The molecule has 7 heteroatoms. The van der Waals surface area contributed by atoms with Crippen LogP contribution < -0.4 is 0 Å². The molecule has 0 atom stereocenters. The number of hydrogen-bond donors (Lipinski definition) is 2. The number of aryl methyl sites for hydroxylation is 2. The summed E-state index contributed by atoms with van der Waals surface area (Å²) in [4.78, 5) is 19.2. The lowest BCUT2D eigenvalue weighted by molar-refractivity contribution is -0.136. The third-order valence-corrected chi connectivity index (χ3v) is 2.39. The Balaban J connectivity index is 2.45. The van der Waals surface area contributed by atoms with Gasteiger partial charge in [0.1, 0.15) is 5.69 Å². The van der Waals surface area contributed by atoms with Gasteiger partial charge < -0.3 is 5.11 Å². The number of hydrogen-bond acceptors (Lipinski definition) is 5. The average molecular weight is 233 g/mol. The molecule has 2 N–H and O–H groups in total. The summed E-state index contributed by atoms with van der Waals surface area (Å²) < 4.78 is 0. The number of aromatic nitrogens is 5. The van der Waals surface area contributed by atoms with Crippen molar-refractivity contribution in [3.8, 4) is 11.5 Å². The first-order valence-electron chi connectivity index (χ1n) is 5.00. The first-order chi connectivity index (χ1) is 8.08. The highest BCUT2D eigenvalue weighted by molar-refractivity contribution is 5.71. The number of carboxylic acid groups (broad SMARTS) is 1. The summed E-state index contributed by atoms with van der Waals surface area (Å²) >= 11 is 0. The van der Waals surface area contributed by atoms with Gasteiger partial charge >= 0.3 is 5.97 Å². The summed E-state index contributed by atoms with van der Waals surface area (Å²) in [7, 11) is 0. The fraction of sp³-hybridized carbons (Fsp3) is 0.300. The number of rotatable bonds is 3. The second kappa shape index (κ2) is 4.28. The Hall–Kier alpha value is -2.31. The maximum absolute atomic E-state index is 10.7. The lowest BCUT2D eigenvalue weighted by atomic mass is 10.1. The third-order valence-electron chi connectivity index (χ3n) is 2.39. The maximum atomic E-state index is 10.7. The van der Waals surface area contributed by atoms with Crippen LogP contribution in [0.4, 0.5) is 0 Å². The Labute approximate surface area is 96.9 Å². The smallest absolute Gasteiger partial charge is 0.307 e. The Morgan fingerprint density at radius 1 is 1.35 bits per heavy atom. The van der Waals surface area contributed by atoms with E-state index in [1.807, 2.05) is 0 Å². The van der Waals surface area contributed by atoms with Gasteiger partial charge in [0.25, 0.3) is 0 Å². The molecular formula is C10H11N5O2. The molecule has 0 spiro atoms. The van der Waals surface area contributed by atoms with Crippen LogP contribution in [0.2, 0.25) is 0 Å². The van der Waals surface area contributed by atoms with Gasteiger partial charge in [-0.2, -0.15) is 15.4 Å². The van der Waals surface area contributed by atoms with Crippen molar-refractivity contribution < 1.29 is 9.90 Å². The van der Waals surface area contributed by atoms with Crippen LogP contribution in [-0.2, 0) is 11.2 Å². The number of carbonyl (C=O) groups is 1. The van der Waals surface area contributed by atoms with Gasteiger partial charge in [-0.05, 0) is 13.8 Å². The van der Waals surface area contributed by atoms with Crippen LogP contribution in [0.3, 0.4) is 0 Å². The van der Waals surface area contributed by atoms with E-state index in [1.54, 1.807) is 13.8 Å². The van der Waals surface area contributed by atoms with Crippen LogP contribution >= 0.6 is 0 Å². The molecule has 2 heterocycles. The molecule has 0 saturated carbocycles. The first-order valence-corrected chi connectivity index (χ1v) is 5.00. The van der Waals surface area contributed by atoms with Crippen molar-refractivity contribution in [2.75, 3.05) is 0 Å². The van der Waals surface area contributed by atoms with Gasteiger partial charge in [-0.25, -0.2) is 9.97 Å². The minimum Gasteiger partial charge on any atom is -0.481 e. The quantitative estimate of drug-likeness (QED) is 0.800. The van der Waals surface area contributed by atoms with E-state index >= 15 is 0 Å². The highest BCUT2D eigenvalue weighted by Gasteiger charge is 2.13. The standard InChI is InChI=1S/C10H11N5O2/c1-5-7(3-9(16)17)6(2)13-10(12-5)8-4-11-15-14-8/h4H,3H2,1-2H3,(H,16,17)(H,11,14,15). The Morgan fingerprint density at radius 2 is 2.00 bits per heavy atom. The van der Waals surface area contributed by atoms with Crippen LogP contribution in [0.25, 0.3) is 11.5 Å². The lowest BCUT2D eigenvalue weighted by Gasteiger charge is -2.07. The number of nitrogens with zero attached hydrogens (tertiary/aromatic N) is 4. The number of aliphatic carboxylic acids is 1. The van der Waals surface area contributed by atoms with E-state index < -0.39 is 5.97 Å². The number of H-pyrrole nitrogens is 1. The summed E-state index contributed by atoms with van der Waals surface area (Å²) in [6.07, 6.45) is 1.45. The molecule has 17 heavy (non-hydrogen) atoms. The fourth-order valence-electron chi connectivity index (χ4n) is 1.57. The molecule has 2 aromatic heterocycles. The molecule has 2 rings (SSSR count). The van der Waals surface area contributed by atoms with Crippen molar-refractivity contribution in [1.82, 2.24) is 25.4 Å². The summed E-state index contributed by atoms with van der Waals surface area (Å²) in [5, 5.41) is 18.8. The molecule has 7 nitrogen and oxygen atoms in total. The molecule has 0 aromatic carbocycles. The molecule has 2 aromatic rings. The molecule has 0 unspecified atom stereocenters. The molecule has 0 aliphatic heterocycles. The second-order valence-electron chi connectivity index (χ2n) is 3.62. The molecule has 0 fully saturated rings. The fourth-order valence-corrected chi connectivity index (χ4v) is 1.57. The van der Waals surface area contributed by atoms with Crippen LogP contribution in [0.1, 0.15) is 17.0 Å². The number of aromatic amines is 1. The molecule has 0 radical (unpaired) electrons. The molecule has 0 bridgehead atoms. The highest BCUT2D eigenvalue weighted by atomic mass is 16.4. The van der Waals surface area contributed by atoms with E-state index in [-0.39, 0.29) is 6.42 Å². The van der Waals surface area contributed by atoms with E-state index in [0.717, 1.165) is 0 Å². The van der Waals surface area contributed by atoms with Crippen LogP contribution in [0.5, 0.6) is 0 Å². The minimum atomic E-state index is -0.894. The Kier molecular flexibility index (Phi) is 2.82. The van der Waals surface area contributed by atoms with E-state index in [0.29, 0.717) is 28.5 Å². The molecular weight excluding hydrogens is 222 g/mol. The predicted octanol–water partition coefficient (Wildman–Crippen LogP) is 0.506. The lowest BCUT2D eigenvalue weighted by Crippen LogP contribution is -2.08. The van der Waals surface area contributed by atoms with Crippen LogP contribution in [0, 0.1) is 13.8 Å².